The normalized spacial score (nSPS) is 12.7. The molecule has 72 valence electrons. The molecule has 0 aliphatic carbocycles. The van der Waals surface area contributed by atoms with Crippen LogP contribution in [0.5, 0.6) is 0 Å². The Hall–Kier alpha value is 0.1000. The first-order chi connectivity index (χ1) is 5.74. The van der Waals surface area contributed by atoms with E-state index in [1.165, 1.54) is 0 Å². The average Bonchev–Trinajstić information content (AvgIpc) is 2.13. The van der Waals surface area contributed by atoms with Gasteiger partial charge in [-0.15, -0.1) is 0 Å². The first-order valence-electron chi connectivity index (χ1n) is 3.69. The van der Waals surface area contributed by atoms with E-state index >= 15 is 0 Å². The van der Waals surface area contributed by atoms with Crippen molar-refractivity contribution in [1.29, 1.82) is 0 Å². The van der Waals surface area contributed by atoms with Crippen molar-refractivity contribution in [2.45, 2.75) is 12.2 Å². The zero-order valence-electron chi connectivity index (χ0n) is 7.42. The smallest absolute Gasteiger partial charge is 0.189 e. The van der Waals surface area contributed by atoms with E-state index in [9.17, 15) is 0 Å². The van der Waals surface area contributed by atoms with E-state index in [4.69, 9.17) is 14.6 Å². The number of aliphatic hydroxyl groups is 1. The average molecular weight is 239 g/mol. The SMILES string of the molecule is COC(/C=C/CBr)(CCO)OC. The predicted octanol–water partition coefficient (Wildman–Crippen LogP) is 1.31. The van der Waals surface area contributed by atoms with Gasteiger partial charge in [0.05, 0.1) is 0 Å². The summed E-state index contributed by atoms with van der Waals surface area (Å²) in [6.07, 6.45) is 4.10. The summed E-state index contributed by atoms with van der Waals surface area (Å²) in [6.45, 7) is 0.0360. The van der Waals surface area contributed by atoms with E-state index in [1.54, 1.807) is 20.3 Å². The molecule has 0 spiro atoms. The maximum Gasteiger partial charge on any atom is 0.189 e. The lowest BCUT2D eigenvalue weighted by Crippen LogP contribution is -2.32. The number of ether oxygens (including phenoxy) is 2. The second-order valence-electron chi connectivity index (χ2n) is 2.25. The molecule has 0 aromatic carbocycles. The molecule has 4 heteroatoms. The summed E-state index contributed by atoms with van der Waals surface area (Å²) in [7, 11) is 3.11. The third-order valence-electron chi connectivity index (χ3n) is 1.61. The largest absolute Gasteiger partial charge is 0.396 e. The number of allylic oxidation sites excluding steroid dienone is 1. The molecule has 3 nitrogen and oxygen atoms in total. The monoisotopic (exact) mass is 238 g/mol. The lowest BCUT2D eigenvalue weighted by molar-refractivity contribution is -0.178. The second-order valence-corrected chi connectivity index (χ2v) is 2.90. The molecule has 0 aromatic rings. The highest BCUT2D eigenvalue weighted by Crippen LogP contribution is 2.17. The number of methoxy groups -OCH3 is 2. The number of alkyl halides is 1. The van der Waals surface area contributed by atoms with Crippen molar-refractivity contribution in [3.05, 3.63) is 12.2 Å². The van der Waals surface area contributed by atoms with Gasteiger partial charge in [0.15, 0.2) is 5.79 Å². The Morgan fingerprint density at radius 3 is 2.33 bits per heavy atom. The Kier molecular flexibility index (Phi) is 6.65. The van der Waals surface area contributed by atoms with E-state index in [-0.39, 0.29) is 6.61 Å². The van der Waals surface area contributed by atoms with E-state index < -0.39 is 5.79 Å². The molecule has 0 saturated carbocycles. The van der Waals surface area contributed by atoms with Gasteiger partial charge in [-0.25, -0.2) is 0 Å². The van der Waals surface area contributed by atoms with Crippen LogP contribution in [-0.2, 0) is 9.47 Å². The van der Waals surface area contributed by atoms with Crippen LogP contribution in [0.1, 0.15) is 6.42 Å². The maximum atomic E-state index is 8.76. The van der Waals surface area contributed by atoms with Crippen molar-refractivity contribution in [1.82, 2.24) is 0 Å². The van der Waals surface area contributed by atoms with Crippen LogP contribution in [-0.4, -0.2) is 37.1 Å². The van der Waals surface area contributed by atoms with Crippen molar-refractivity contribution in [3.8, 4) is 0 Å². The van der Waals surface area contributed by atoms with E-state index in [0.717, 1.165) is 5.33 Å². The molecule has 0 heterocycles. The molecule has 0 unspecified atom stereocenters. The first kappa shape index (κ1) is 12.1. The topological polar surface area (TPSA) is 38.7 Å². The Morgan fingerprint density at radius 2 is 2.00 bits per heavy atom. The van der Waals surface area contributed by atoms with Gasteiger partial charge in [0.2, 0.25) is 0 Å². The molecule has 0 aliphatic rings. The number of aliphatic hydroxyl groups excluding tert-OH is 1. The molecule has 0 radical (unpaired) electrons. The lowest BCUT2D eigenvalue weighted by Gasteiger charge is -2.26. The summed E-state index contributed by atoms with van der Waals surface area (Å²) in [5.41, 5.74) is 0. The third-order valence-corrected chi connectivity index (χ3v) is 1.99. The summed E-state index contributed by atoms with van der Waals surface area (Å²) >= 11 is 3.25. The van der Waals surface area contributed by atoms with Crippen molar-refractivity contribution in [2.24, 2.45) is 0 Å². The first-order valence-corrected chi connectivity index (χ1v) is 4.81. The van der Waals surface area contributed by atoms with Crippen molar-refractivity contribution in [3.63, 3.8) is 0 Å². The summed E-state index contributed by atoms with van der Waals surface area (Å²) in [6, 6.07) is 0. The van der Waals surface area contributed by atoms with Crippen molar-refractivity contribution in [2.75, 3.05) is 26.2 Å². The van der Waals surface area contributed by atoms with E-state index in [1.807, 2.05) is 6.08 Å². The van der Waals surface area contributed by atoms with Gasteiger partial charge in [0.25, 0.3) is 0 Å². The fourth-order valence-electron chi connectivity index (χ4n) is 0.887. The van der Waals surface area contributed by atoms with Crippen LogP contribution in [0.15, 0.2) is 12.2 Å². The number of rotatable bonds is 6. The van der Waals surface area contributed by atoms with Gasteiger partial charge in [-0.2, -0.15) is 0 Å². The summed E-state index contributed by atoms with van der Waals surface area (Å²) < 4.78 is 10.3. The molecule has 0 atom stereocenters. The van der Waals surface area contributed by atoms with Gasteiger partial charge in [0.1, 0.15) is 0 Å². The molecule has 0 bridgehead atoms. The highest BCUT2D eigenvalue weighted by atomic mass is 79.9. The number of hydrogen-bond acceptors (Lipinski definition) is 3. The minimum atomic E-state index is -0.775. The van der Waals surface area contributed by atoms with E-state index in [2.05, 4.69) is 15.9 Å². The van der Waals surface area contributed by atoms with Crippen LogP contribution in [0.2, 0.25) is 0 Å². The highest BCUT2D eigenvalue weighted by Gasteiger charge is 2.24. The number of hydrogen-bond donors (Lipinski definition) is 1. The van der Waals surface area contributed by atoms with Gasteiger partial charge < -0.3 is 14.6 Å². The molecular formula is C8H15BrO3. The van der Waals surface area contributed by atoms with Gasteiger partial charge in [-0.1, -0.05) is 22.0 Å². The van der Waals surface area contributed by atoms with E-state index in [0.29, 0.717) is 6.42 Å². The van der Waals surface area contributed by atoms with Gasteiger partial charge in [-0.3, -0.25) is 0 Å². The minimum absolute atomic E-state index is 0.0360. The zero-order chi connectivity index (χ0) is 9.45. The van der Waals surface area contributed by atoms with Crippen LogP contribution < -0.4 is 0 Å². The van der Waals surface area contributed by atoms with Gasteiger partial charge in [-0.05, 0) is 6.08 Å². The summed E-state index contributed by atoms with van der Waals surface area (Å²) in [5.74, 6) is -0.775. The van der Waals surface area contributed by atoms with Crippen molar-refractivity contribution < 1.29 is 14.6 Å². The summed E-state index contributed by atoms with van der Waals surface area (Å²) in [4.78, 5) is 0. The molecule has 1 N–H and O–H groups in total. The standard InChI is InChI=1S/C8H15BrO3/c1-11-8(12-2,5-7-10)4-3-6-9/h3-4,10H,5-7H2,1-2H3/b4-3+. The minimum Gasteiger partial charge on any atom is -0.396 e. The van der Waals surface area contributed by atoms with Crippen LogP contribution in [0.4, 0.5) is 0 Å². The van der Waals surface area contributed by atoms with Crippen molar-refractivity contribution >= 4 is 15.9 Å². The van der Waals surface area contributed by atoms with Crippen LogP contribution >= 0.6 is 15.9 Å². The second kappa shape index (κ2) is 6.60. The number of halogens is 1. The fourth-order valence-corrected chi connectivity index (χ4v) is 1.07. The van der Waals surface area contributed by atoms with Gasteiger partial charge >= 0.3 is 0 Å². The van der Waals surface area contributed by atoms with Crippen LogP contribution in [0.25, 0.3) is 0 Å². The Labute approximate surface area is 81.5 Å². The molecule has 12 heavy (non-hydrogen) atoms. The molecular weight excluding hydrogens is 224 g/mol. The quantitative estimate of drug-likeness (QED) is 0.431. The Bertz CT molecular complexity index is 132. The third kappa shape index (κ3) is 3.67. The molecule has 0 amide bonds. The van der Waals surface area contributed by atoms with Crippen LogP contribution in [0.3, 0.4) is 0 Å². The Balaban J connectivity index is 4.23. The highest BCUT2D eigenvalue weighted by molar-refractivity contribution is 9.09. The van der Waals surface area contributed by atoms with Gasteiger partial charge in [0, 0.05) is 32.6 Å². The molecule has 0 saturated heterocycles. The molecule has 0 rings (SSSR count). The van der Waals surface area contributed by atoms with Crippen LogP contribution in [0, 0.1) is 0 Å². The fraction of sp³-hybridized carbons (Fsp3) is 0.750. The summed E-state index contributed by atoms with van der Waals surface area (Å²) in [5, 5.41) is 9.50. The molecule has 0 aromatic heterocycles. The zero-order valence-corrected chi connectivity index (χ0v) is 9.00. The lowest BCUT2D eigenvalue weighted by atomic mass is 10.2. The maximum absolute atomic E-state index is 8.76. The molecule has 0 aliphatic heterocycles. The molecule has 0 fully saturated rings. The Morgan fingerprint density at radius 1 is 1.42 bits per heavy atom. The predicted molar refractivity (Wildman–Crippen MR) is 51.4 cm³/mol.